The van der Waals surface area contributed by atoms with Gasteiger partial charge >= 0.3 is 12.0 Å². The molecule has 0 saturated carbocycles. The quantitative estimate of drug-likeness (QED) is 0.458. The van der Waals surface area contributed by atoms with Gasteiger partial charge in [-0.05, 0) is 6.07 Å². The molecule has 0 atom stereocenters. The van der Waals surface area contributed by atoms with Crippen molar-refractivity contribution in [3.63, 3.8) is 0 Å². The SMILES string of the molecule is COCCn1cc(/C=N/NC(=O)OC)c(-c2ccc([N+](=O)[O-])o2)n1. The van der Waals surface area contributed by atoms with Gasteiger partial charge in [0.25, 0.3) is 0 Å². The zero-order chi connectivity index (χ0) is 17.5. The van der Waals surface area contributed by atoms with Crippen molar-refractivity contribution < 1.29 is 23.6 Å². The minimum atomic E-state index is -0.729. The molecule has 0 aliphatic carbocycles. The molecule has 0 aliphatic rings. The second-order valence-corrected chi connectivity index (χ2v) is 4.45. The van der Waals surface area contributed by atoms with Gasteiger partial charge in [0.1, 0.15) is 10.6 Å². The molecule has 2 aromatic heterocycles. The topological polar surface area (TPSA) is 134 Å². The smallest absolute Gasteiger partial charge is 0.433 e. The average molecular weight is 337 g/mol. The van der Waals surface area contributed by atoms with Crippen molar-refractivity contribution in [2.24, 2.45) is 5.10 Å². The summed E-state index contributed by atoms with van der Waals surface area (Å²) in [5.41, 5.74) is 2.98. The molecule has 11 nitrogen and oxygen atoms in total. The highest BCUT2D eigenvalue weighted by Gasteiger charge is 2.18. The van der Waals surface area contributed by atoms with E-state index in [1.54, 1.807) is 18.0 Å². The van der Waals surface area contributed by atoms with Crippen LogP contribution in [-0.4, -0.2) is 47.8 Å². The first-order valence-electron chi connectivity index (χ1n) is 6.73. The van der Waals surface area contributed by atoms with Crippen LogP contribution >= 0.6 is 0 Å². The number of hydrogen-bond acceptors (Lipinski definition) is 8. The molecule has 0 bridgehead atoms. The van der Waals surface area contributed by atoms with Gasteiger partial charge < -0.3 is 13.9 Å². The summed E-state index contributed by atoms with van der Waals surface area (Å²) in [4.78, 5) is 21.1. The molecule has 2 rings (SSSR count). The predicted octanol–water partition coefficient (Wildman–Crippen LogP) is 1.39. The third kappa shape index (κ3) is 4.16. The van der Waals surface area contributed by atoms with Gasteiger partial charge in [-0.15, -0.1) is 0 Å². The van der Waals surface area contributed by atoms with E-state index in [0.29, 0.717) is 24.4 Å². The van der Waals surface area contributed by atoms with Crippen molar-refractivity contribution in [2.45, 2.75) is 6.54 Å². The first kappa shape index (κ1) is 17.1. The van der Waals surface area contributed by atoms with Crippen LogP contribution in [0.1, 0.15) is 5.56 Å². The fourth-order valence-electron chi connectivity index (χ4n) is 1.78. The van der Waals surface area contributed by atoms with Crippen LogP contribution in [0.3, 0.4) is 0 Å². The first-order chi connectivity index (χ1) is 11.5. The Balaban J connectivity index is 2.30. The van der Waals surface area contributed by atoms with Gasteiger partial charge in [-0.3, -0.25) is 14.8 Å². The molecule has 2 aromatic rings. The summed E-state index contributed by atoms with van der Waals surface area (Å²) >= 11 is 0. The van der Waals surface area contributed by atoms with Crippen LogP contribution in [0.15, 0.2) is 27.8 Å². The van der Waals surface area contributed by atoms with Crippen LogP contribution in [-0.2, 0) is 16.0 Å². The number of furan rings is 1. The lowest BCUT2D eigenvalue weighted by molar-refractivity contribution is -0.401. The Morgan fingerprint density at radius 3 is 2.96 bits per heavy atom. The van der Waals surface area contributed by atoms with E-state index in [-0.39, 0.29) is 5.76 Å². The molecule has 0 fully saturated rings. The molecule has 0 radical (unpaired) electrons. The van der Waals surface area contributed by atoms with E-state index in [1.807, 2.05) is 0 Å². The number of nitrogens with zero attached hydrogens (tertiary/aromatic N) is 4. The molecular weight excluding hydrogens is 322 g/mol. The highest BCUT2D eigenvalue weighted by atomic mass is 16.6. The average Bonchev–Trinajstić information content (AvgIpc) is 3.19. The molecule has 0 unspecified atom stereocenters. The molecular formula is C13H15N5O6. The number of hydrogen-bond donors (Lipinski definition) is 1. The lowest BCUT2D eigenvalue weighted by Gasteiger charge is -1.98. The Morgan fingerprint density at radius 1 is 1.54 bits per heavy atom. The van der Waals surface area contributed by atoms with Gasteiger partial charge in [0, 0.05) is 18.9 Å². The maximum absolute atomic E-state index is 11.0. The summed E-state index contributed by atoms with van der Waals surface area (Å²) in [5.74, 6) is -0.190. The number of aromatic nitrogens is 2. The third-order valence-corrected chi connectivity index (χ3v) is 2.86. The second kappa shape index (κ2) is 7.87. The molecule has 0 aliphatic heterocycles. The highest BCUT2D eigenvalue weighted by Crippen LogP contribution is 2.26. The Bertz CT molecular complexity index is 750. The zero-order valence-electron chi connectivity index (χ0n) is 13.0. The van der Waals surface area contributed by atoms with Crippen LogP contribution in [0.25, 0.3) is 11.5 Å². The van der Waals surface area contributed by atoms with Gasteiger partial charge in [-0.2, -0.15) is 10.2 Å². The fourth-order valence-corrected chi connectivity index (χ4v) is 1.78. The summed E-state index contributed by atoms with van der Waals surface area (Å²) < 4.78 is 16.1. The van der Waals surface area contributed by atoms with Crippen LogP contribution in [0.4, 0.5) is 10.7 Å². The van der Waals surface area contributed by atoms with Gasteiger partial charge in [0.05, 0.1) is 32.5 Å². The summed E-state index contributed by atoms with van der Waals surface area (Å²) in [6.45, 7) is 0.890. The molecule has 0 spiro atoms. The minimum Gasteiger partial charge on any atom is -0.452 e. The van der Waals surface area contributed by atoms with Crippen molar-refractivity contribution in [3.05, 3.63) is 34.0 Å². The first-order valence-corrected chi connectivity index (χ1v) is 6.73. The monoisotopic (exact) mass is 337 g/mol. The number of amides is 1. The van der Waals surface area contributed by atoms with Crippen LogP contribution in [0.5, 0.6) is 0 Å². The largest absolute Gasteiger partial charge is 0.452 e. The number of nitro groups is 1. The Kier molecular flexibility index (Phi) is 5.63. The summed E-state index contributed by atoms with van der Waals surface area (Å²) in [7, 11) is 2.77. The van der Waals surface area contributed by atoms with Crippen molar-refractivity contribution in [1.82, 2.24) is 15.2 Å². The van der Waals surface area contributed by atoms with Crippen molar-refractivity contribution in [3.8, 4) is 11.5 Å². The Morgan fingerprint density at radius 2 is 2.33 bits per heavy atom. The normalized spacial score (nSPS) is 10.9. The van der Waals surface area contributed by atoms with E-state index < -0.39 is 16.9 Å². The van der Waals surface area contributed by atoms with E-state index in [1.165, 1.54) is 25.5 Å². The van der Waals surface area contributed by atoms with E-state index in [2.05, 4.69) is 20.4 Å². The van der Waals surface area contributed by atoms with Crippen molar-refractivity contribution in [2.75, 3.05) is 20.8 Å². The van der Waals surface area contributed by atoms with Crippen molar-refractivity contribution >= 4 is 18.2 Å². The number of carbonyl (C=O) groups excluding carboxylic acids is 1. The molecule has 2 heterocycles. The number of rotatable bonds is 7. The zero-order valence-corrected chi connectivity index (χ0v) is 13.0. The molecule has 0 aromatic carbocycles. The van der Waals surface area contributed by atoms with Crippen LogP contribution in [0.2, 0.25) is 0 Å². The van der Waals surface area contributed by atoms with Crippen LogP contribution in [0, 0.1) is 10.1 Å². The van der Waals surface area contributed by atoms with E-state index >= 15 is 0 Å². The maximum Gasteiger partial charge on any atom is 0.433 e. The van der Waals surface area contributed by atoms with Gasteiger partial charge in [0.2, 0.25) is 0 Å². The highest BCUT2D eigenvalue weighted by molar-refractivity contribution is 5.88. The standard InChI is InChI=1S/C13H15N5O6/c1-22-6-5-17-8-9(7-14-15-13(19)23-2)12(16-17)10-3-4-11(24-10)18(20)21/h3-4,7-8H,5-6H2,1-2H3,(H,15,19)/b14-7+. The van der Waals surface area contributed by atoms with Crippen molar-refractivity contribution in [1.29, 1.82) is 0 Å². The third-order valence-electron chi connectivity index (χ3n) is 2.86. The van der Waals surface area contributed by atoms with Gasteiger partial charge in [-0.25, -0.2) is 10.2 Å². The summed E-state index contributed by atoms with van der Waals surface area (Å²) in [5, 5.41) is 18.8. The molecule has 0 saturated heterocycles. The van der Waals surface area contributed by atoms with Gasteiger partial charge in [-0.1, -0.05) is 0 Å². The maximum atomic E-state index is 11.0. The lowest BCUT2D eigenvalue weighted by atomic mass is 10.2. The molecule has 1 amide bonds. The molecule has 128 valence electrons. The summed E-state index contributed by atoms with van der Waals surface area (Å²) in [6.07, 6.45) is 2.25. The Hall–Kier alpha value is -3.21. The molecule has 1 N–H and O–H groups in total. The number of methoxy groups -OCH3 is 2. The summed E-state index contributed by atoms with van der Waals surface area (Å²) in [6, 6.07) is 2.67. The fraction of sp³-hybridized carbons (Fsp3) is 0.308. The van der Waals surface area contributed by atoms with E-state index in [4.69, 9.17) is 9.15 Å². The predicted molar refractivity (Wildman–Crippen MR) is 81.6 cm³/mol. The van der Waals surface area contributed by atoms with Gasteiger partial charge in [0.15, 0.2) is 5.76 Å². The lowest BCUT2D eigenvalue weighted by Crippen LogP contribution is -2.16. The molecule has 24 heavy (non-hydrogen) atoms. The second-order valence-electron chi connectivity index (χ2n) is 4.45. The number of ether oxygens (including phenoxy) is 2. The number of hydrazone groups is 1. The molecule has 11 heteroatoms. The Labute approximate surface area is 136 Å². The van der Waals surface area contributed by atoms with E-state index in [0.717, 1.165) is 0 Å². The number of nitrogens with one attached hydrogen (secondary N) is 1. The van der Waals surface area contributed by atoms with Crippen LogP contribution < -0.4 is 5.43 Å². The number of carbonyl (C=O) groups is 1. The van der Waals surface area contributed by atoms with E-state index in [9.17, 15) is 14.9 Å². The minimum absolute atomic E-state index is 0.206.